The van der Waals surface area contributed by atoms with Gasteiger partial charge in [0.2, 0.25) is 0 Å². The smallest absolute Gasteiger partial charge is 0.262 e. The fraction of sp³-hybridized carbons (Fsp3) is 0.538. The molecule has 1 N–H and O–H groups in total. The monoisotopic (exact) mass is 248 g/mol. The van der Waals surface area contributed by atoms with Crippen molar-refractivity contribution in [2.45, 2.75) is 44.6 Å². The van der Waals surface area contributed by atoms with Gasteiger partial charge in [-0.2, -0.15) is 5.26 Å². The van der Waals surface area contributed by atoms with Gasteiger partial charge in [0.05, 0.1) is 10.9 Å². The molecule has 1 saturated carbocycles. The molecular formula is C13H16N2OS. The zero-order valence-corrected chi connectivity index (χ0v) is 10.8. The predicted molar refractivity (Wildman–Crippen MR) is 68.0 cm³/mol. The van der Waals surface area contributed by atoms with E-state index in [0.717, 1.165) is 37.0 Å². The lowest BCUT2D eigenvalue weighted by Crippen LogP contribution is -2.48. The summed E-state index contributed by atoms with van der Waals surface area (Å²) >= 11 is 1.47. The molecule has 17 heavy (non-hydrogen) atoms. The Balaban J connectivity index is 2.09. The molecule has 0 aliphatic heterocycles. The average Bonchev–Trinajstić information content (AvgIpc) is 2.77. The third kappa shape index (κ3) is 2.67. The molecule has 90 valence electrons. The van der Waals surface area contributed by atoms with Gasteiger partial charge in [-0.3, -0.25) is 4.79 Å². The molecule has 0 saturated heterocycles. The highest BCUT2D eigenvalue weighted by molar-refractivity contribution is 7.13. The Morgan fingerprint density at radius 1 is 1.41 bits per heavy atom. The number of rotatable bonds is 2. The van der Waals surface area contributed by atoms with Crippen LogP contribution in [-0.4, -0.2) is 11.4 Å². The van der Waals surface area contributed by atoms with Crippen LogP contribution in [0.1, 0.15) is 46.7 Å². The van der Waals surface area contributed by atoms with Gasteiger partial charge in [0.15, 0.2) is 0 Å². The summed E-state index contributed by atoms with van der Waals surface area (Å²) in [7, 11) is 0. The van der Waals surface area contributed by atoms with Crippen LogP contribution in [0.15, 0.2) is 12.1 Å². The number of carbonyl (C=O) groups excluding carboxylic acids is 1. The standard InChI is InChI=1S/C13H16N2OS/c1-10-5-6-11(17-10)12(16)15-13(9-14)7-3-2-4-8-13/h5-6H,2-4,7-8H2,1H3,(H,15,16). The van der Waals surface area contributed by atoms with Crippen molar-refractivity contribution < 1.29 is 4.79 Å². The first-order chi connectivity index (χ1) is 8.15. The number of amides is 1. The van der Waals surface area contributed by atoms with E-state index in [1.807, 2.05) is 19.1 Å². The van der Waals surface area contributed by atoms with Gasteiger partial charge in [-0.25, -0.2) is 0 Å². The molecule has 0 atom stereocenters. The van der Waals surface area contributed by atoms with Gasteiger partial charge in [0.25, 0.3) is 5.91 Å². The van der Waals surface area contributed by atoms with Crippen LogP contribution in [0.25, 0.3) is 0 Å². The van der Waals surface area contributed by atoms with Crippen molar-refractivity contribution in [1.82, 2.24) is 5.32 Å². The Bertz CT molecular complexity index is 452. The van der Waals surface area contributed by atoms with E-state index in [1.165, 1.54) is 11.3 Å². The lowest BCUT2D eigenvalue weighted by Gasteiger charge is -2.31. The van der Waals surface area contributed by atoms with Gasteiger partial charge in [-0.05, 0) is 31.9 Å². The third-order valence-electron chi connectivity index (χ3n) is 3.24. The third-order valence-corrected chi connectivity index (χ3v) is 4.24. The van der Waals surface area contributed by atoms with E-state index < -0.39 is 5.54 Å². The second-order valence-electron chi connectivity index (χ2n) is 4.62. The van der Waals surface area contributed by atoms with E-state index in [1.54, 1.807) is 0 Å². The second kappa shape index (κ2) is 4.89. The van der Waals surface area contributed by atoms with Crippen molar-refractivity contribution in [3.05, 3.63) is 21.9 Å². The Kier molecular flexibility index (Phi) is 3.49. The summed E-state index contributed by atoms with van der Waals surface area (Å²) in [5.41, 5.74) is -0.632. The van der Waals surface area contributed by atoms with E-state index >= 15 is 0 Å². The van der Waals surface area contributed by atoms with Gasteiger partial charge in [-0.15, -0.1) is 11.3 Å². The maximum atomic E-state index is 12.0. The number of nitrogens with one attached hydrogen (secondary N) is 1. The Morgan fingerprint density at radius 2 is 2.12 bits per heavy atom. The van der Waals surface area contributed by atoms with E-state index in [0.29, 0.717) is 4.88 Å². The second-order valence-corrected chi connectivity index (χ2v) is 5.91. The lowest BCUT2D eigenvalue weighted by molar-refractivity contribution is 0.0907. The molecule has 0 unspecified atom stereocenters. The summed E-state index contributed by atoms with van der Waals surface area (Å²) in [5, 5.41) is 12.2. The van der Waals surface area contributed by atoms with Crippen molar-refractivity contribution in [3.63, 3.8) is 0 Å². The Morgan fingerprint density at radius 3 is 2.65 bits per heavy atom. The Hall–Kier alpha value is -1.34. The number of thiophene rings is 1. The molecule has 3 nitrogen and oxygen atoms in total. The fourth-order valence-corrected chi connectivity index (χ4v) is 3.02. The van der Waals surface area contributed by atoms with Gasteiger partial charge in [-0.1, -0.05) is 19.3 Å². The van der Waals surface area contributed by atoms with Crippen LogP contribution in [-0.2, 0) is 0 Å². The minimum atomic E-state index is -0.632. The first-order valence-corrected chi connectivity index (χ1v) is 6.77. The minimum absolute atomic E-state index is 0.105. The highest BCUT2D eigenvalue weighted by Gasteiger charge is 2.33. The van der Waals surface area contributed by atoms with E-state index in [-0.39, 0.29) is 5.91 Å². The van der Waals surface area contributed by atoms with Crippen LogP contribution in [0.2, 0.25) is 0 Å². The van der Waals surface area contributed by atoms with Gasteiger partial charge < -0.3 is 5.32 Å². The molecule has 1 aromatic rings. The first-order valence-electron chi connectivity index (χ1n) is 5.95. The molecule has 1 fully saturated rings. The zero-order valence-electron chi connectivity index (χ0n) is 9.95. The normalized spacial score (nSPS) is 18.4. The van der Waals surface area contributed by atoms with Crippen LogP contribution in [0, 0.1) is 18.3 Å². The van der Waals surface area contributed by atoms with Crippen molar-refractivity contribution >= 4 is 17.2 Å². The van der Waals surface area contributed by atoms with Crippen molar-refractivity contribution in [2.24, 2.45) is 0 Å². The van der Waals surface area contributed by atoms with Crippen molar-refractivity contribution in [2.75, 3.05) is 0 Å². The molecule has 2 rings (SSSR count). The topological polar surface area (TPSA) is 52.9 Å². The summed E-state index contributed by atoms with van der Waals surface area (Å²) in [5.74, 6) is -0.105. The molecular weight excluding hydrogens is 232 g/mol. The van der Waals surface area contributed by atoms with Crippen LogP contribution in [0.3, 0.4) is 0 Å². The van der Waals surface area contributed by atoms with E-state index in [4.69, 9.17) is 0 Å². The number of hydrogen-bond donors (Lipinski definition) is 1. The van der Waals surface area contributed by atoms with Crippen LogP contribution >= 0.6 is 11.3 Å². The number of nitrogens with zero attached hydrogens (tertiary/aromatic N) is 1. The molecule has 1 aliphatic carbocycles. The number of carbonyl (C=O) groups is 1. The highest BCUT2D eigenvalue weighted by Crippen LogP contribution is 2.28. The largest absolute Gasteiger partial charge is 0.333 e. The molecule has 0 bridgehead atoms. The number of nitriles is 1. The molecule has 4 heteroatoms. The summed E-state index contributed by atoms with van der Waals surface area (Å²) in [6.07, 6.45) is 4.77. The van der Waals surface area contributed by atoms with Gasteiger partial charge in [0.1, 0.15) is 5.54 Å². The number of aryl methyl sites for hydroxylation is 1. The van der Waals surface area contributed by atoms with Crippen LogP contribution in [0.5, 0.6) is 0 Å². The summed E-state index contributed by atoms with van der Waals surface area (Å²) < 4.78 is 0. The highest BCUT2D eigenvalue weighted by atomic mass is 32.1. The molecule has 1 aromatic heterocycles. The Labute approximate surface area is 105 Å². The molecule has 0 aromatic carbocycles. The quantitative estimate of drug-likeness (QED) is 0.874. The molecule has 0 radical (unpaired) electrons. The van der Waals surface area contributed by atoms with Crippen LogP contribution in [0.4, 0.5) is 0 Å². The zero-order chi connectivity index (χ0) is 12.3. The summed E-state index contributed by atoms with van der Waals surface area (Å²) in [4.78, 5) is 13.9. The predicted octanol–water partition coefficient (Wildman–Crippen LogP) is 3.01. The molecule has 0 spiro atoms. The fourth-order valence-electron chi connectivity index (χ4n) is 2.26. The van der Waals surface area contributed by atoms with E-state index in [2.05, 4.69) is 11.4 Å². The van der Waals surface area contributed by atoms with E-state index in [9.17, 15) is 10.1 Å². The van der Waals surface area contributed by atoms with Gasteiger partial charge in [0, 0.05) is 4.88 Å². The average molecular weight is 248 g/mol. The molecule has 1 amide bonds. The molecule has 1 heterocycles. The van der Waals surface area contributed by atoms with Gasteiger partial charge >= 0.3 is 0 Å². The summed E-state index contributed by atoms with van der Waals surface area (Å²) in [6, 6.07) is 6.05. The lowest BCUT2D eigenvalue weighted by atomic mass is 9.83. The van der Waals surface area contributed by atoms with Crippen molar-refractivity contribution in [1.29, 1.82) is 5.26 Å². The maximum absolute atomic E-state index is 12.0. The number of hydrogen-bond acceptors (Lipinski definition) is 3. The van der Waals surface area contributed by atoms with Crippen molar-refractivity contribution in [3.8, 4) is 6.07 Å². The minimum Gasteiger partial charge on any atom is -0.333 e. The van der Waals surface area contributed by atoms with Crippen LogP contribution < -0.4 is 5.32 Å². The summed E-state index contributed by atoms with van der Waals surface area (Å²) in [6.45, 7) is 1.97. The molecule has 1 aliphatic rings. The maximum Gasteiger partial charge on any atom is 0.262 e. The SMILES string of the molecule is Cc1ccc(C(=O)NC2(C#N)CCCCC2)s1. The first kappa shape index (κ1) is 12.1.